The molecule has 1 aliphatic rings. The zero-order chi connectivity index (χ0) is 14.8. The first-order valence-corrected chi connectivity index (χ1v) is 6.26. The molecule has 0 aliphatic heterocycles. The summed E-state index contributed by atoms with van der Waals surface area (Å²) in [6, 6.07) is 0. The van der Waals surface area contributed by atoms with Crippen LogP contribution in [0.2, 0.25) is 0 Å². The molecule has 0 saturated heterocycles. The van der Waals surface area contributed by atoms with Gasteiger partial charge in [-0.25, -0.2) is 0 Å². The van der Waals surface area contributed by atoms with Crippen LogP contribution in [0.3, 0.4) is 0 Å². The molecule has 7 heteroatoms. The van der Waals surface area contributed by atoms with Gasteiger partial charge in [0.05, 0.1) is 0 Å². The molecule has 0 heterocycles. The second-order valence-electron chi connectivity index (χ2n) is 4.98. The molecule has 1 fully saturated rings. The number of Topliss-reactive ketones (excluding diaryl/α,β-unsaturated/α-hetero) is 1. The summed E-state index contributed by atoms with van der Waals surface area (Å²) in [5, 5.41) is 0. The van der Waals surface area contributed by atoms with Crippen molar-refractivity contribution in [3.63, 3.8) is 0 Å². The number of rotatable bonds is 3. The number of hydrogen-bond donors (Lipinski definition) is 0. The molecule has 0 aromatic carbocycles. The highest BCUT2D eigenvalue weighted by Crippen LogP contribution is 2.44. The molecule has 0 aromatic heterocycles. The van der Waals surface area contributed by atoms with Crippen LogP contribution in [0.25, 0.3) is 0 Å². The van der Waals surface area contributed by atoms with Crippen LogP contribution < -0.4 is 0 Å². The Morgan fingerprint density at radius 1 is 1.05 bits per heavy atom. The van der Waals surface area contributed by atoms with Crippen molar-refractivity contribution in [2.24, 2.45) is 17.8 Å². The Morgan fingerprint density at radius 2 is 1.53 bits per heavy atom. The van der Waals surface area contributed by atoms with Gasteiger partial charge in [0.2, 0.25) is 5.92 Å². The Kier molecular flexibility index (Phi) is 4.90. The van der Waals surface area contributed by atoms with E-state index in [4.69, 9.17) is 0 Å². The number of alkyl halides is 6. The fourth-order valence-corrected chi connectivity index (χ4v) is 2.79. The Hall–Kier alpha value is -0.750. The molecular weight excluding hydrogens is 274 g/mol. The van der Waals surface area contributed by atoms with Crippen LogP contribution in [0.1, 0.15) is 39.0 Å². The highest BCUT2D eigenvalue weighted by molar-refractivity contribution is 5.85. The molecule has 112 valence electrons. The second-order valence-corrected chi connectivity index (χ2v) is 4.98. The molecule has 1 aliphatic carbocycles. The molecule has 1 rings (SSSR count). The summed E-state index contributed by atoms with van der Waals surface area (Å²) < 4.78 is 75.1. The van der Waals surface area contributed by atoms with E-state index in [1.54, 1.807) is 6.92 Å². The molecule has 2 atom stereocenters. The lowest BCUT2D eigenvalue weighted by Crippen LogP contribution is -2.46. The summed E-state index contributed by atoms with van der Waals surface area (Å²) in [5.41, 5.74) is 0. The van der Waals surface area contributed by atoms with Gasteiger partial charge >= 0.3 is 12.4 Å². The van der Waals surface area contributed by atoms with Gasteiger partial charge in [-0.05, 0) is 18.8 Å². The minimum atomic E-state index is -5.56. The van der Waals surface area contributed by atoms with E-state index in [1.165, 1.54) is 0 Å². The minimum absolute atomic E-state index is 0.125. The van der Waals surface area contributed by atoms with Crippen LogP contribution in [0.15, 0.2) is 0 Å². The third-order valence-electron chi connectivity index (χ3n) is 3.74. The second kappa shape index (κ2) is 5.71. The third-order valence-corrected chi connectivity index (χ3v) is 3.74. The van der Waals surface area contributed by atoms with Crippen LogP contribution in [0.5, 0.6) is 0 Å². The quantitative estimate of drug-likeness (QED) is 0.699. The van der Waals surface area contributed by atoms with E-state index in [2.05, 4.69) is 0 Å². The van der Waals surface area contributed by atoms with Gasteiger partial charge in [-0.1, -0.05) is 26.2 Å². The number of carbonyl (C=O) groups excluding carboxylic acids is 1. The van der Waals surface area contributed by atoms with Gasteiger partial charge in [-0.3, -0.25) is 4.79 Å². The van der Waals surface area contributed by atoms with Crippen molar-refractivity contribution in [1.29, 1.82) is 0 Å². The maximum Gasteiger partial charge on any atom is 0.407 e. The minimum Gasteiger partial charge on any atom is -0.298 e. The summed E-state index contributed by atoms with van der Waals surface area (Å²) in [7, 11) is 0. The molecule has 0 aromatic rings. The van der Waals surface area contributed by atoms with E-state index in [9.17, 15) is 31.1 Å². The molecule has 0 amide bonds. The SMILES string of the molecule is CCC1CCCCC1C(=O)C(C(F)(F)F)C(F)(F)F. The summed E-state index contributed by atoms with van der Waals surface area (Å²) >= 11 is 0. The van der Waals surface area contributed by atoms with Gasteiger partial charge < -0.3 is 0 Å². The predicted octanol–water partition coefficient (Wildman–Crippen LogP) is 4.51. The number of carbonyl (C=O) groups is 1. The van der Waals surface area contributed by atoms with Crippen LogP contribution in [0, 0.1) is 17.8 Å². The van der Waals surface area contributed by atoms with E-state index in [1.807, 2.05) is 0 Å². The molecule has 1 saturated carbocycles. The van der Waals surface area contributed by atoms with Crippen LogP contribution in [0.4, 0.5) is 26.3 Å². The Labute approximate surface area is 107 Å². The molecule has 0 N–H and O–H groups in total. The van der Waals surface area contributed by atoms with Crippen molar-refractivity contribution in [2.75, 3.05) is 0 Å². The fraction of sp³-hybridized carbons (Fsp3) is 0.917. The summed E-state index contributed by atoms with van der Waals surface area (Å²) in [4.78, 5) is 11.7. The van der Waals surface area contributed by atoms with Crippen molar-refractivity contribution in [3.8, 4) is 0 Å². The van der Waals surface area contributed by atoms with Gasteiger partial charge in [0.25, 0.3) is 0 Å². The predicted molar refractivity (Wildman–Crippen MR) is 56.3 cm³/mol. The van der Waals surface area contributed by atoms with Crippen molar-refractivity contribution >= 4 is 5.78 Å². The molecular formula is C12H16F6O. The van der Waals surface area contributed by atoms with Crippen LogP contribution >= 0.6 is 0 Å². The lowest BCUT2D eigenvalue weighted by atomic mass is 9.72. The van der Waals surface area contributed by atoms with Crippen LogP contribution in [-0.2, 0) is 4.79 Å². The van der Waals surface area contributed by atoms with Gasteiger partial charge in [0.1, 0.15) is 0 Å². The van der Waals surface area contributed by atoms with E-state index in [0.29, 0.717) is 19.3 Å². The molecule has 1 nitrogen and oxygen atoms in total. The molecule has 0 bridgehead atoms. The fourth-order valence-electron chi connectivity index (χ4n) is 2.79. The first-order chi connectivity index (χ1) is 8.59. The average Bonchev–Trinajstić information content (AvgIpc) is 2.24. The van der Waals surface area contributed by atoms with Crippen molar-refractivity contribution in [1.82, 2.24) is 0 Å². The van der Waals surface area contributed by atoms with Gasteiger partial charge in [-0.2, -0.15) is 26.3 Å². The standard InChI is InChI=1S/C12H16F6O/c1-2-7-5-3-4-6-8(7)9(19)10(11(13,14)15)12(16,17)18/h7-8,10H,2-6H2,1H3. The number of hydrogen-bond acceptors (Lipinski definition) is 1. The lowest BCUT2D eigenvalue weighted by Gasteiger charge is -2.33. The highest BCUT2D eigenvalue weighted by atomic mass is 19.4. The topological polar surface area (TPSA) is 17.1 Å². The Morgan fingerprint density at radius 3 is 1.95 bits per heavy atom. The smallest absolute Gasteiger partial charge is 0.298 e. The lowest BCUT2D eigenvalue weighted by molar-refractivity contribution is -0.275. The number of halogens is 6. The first kappa shape index (κ1) is 16.3. The van der Waals surface area contributed by atoms with Gasteiger partial charge in [-0.15, -0.1) is 0 Å². The molecule has 2 unspecified atom stereocenters. The molecule has 19 heavy (non-hydrogen) atoms. The van der Waals surface area contributed by atoms with Gasteiger partial charge in [0, 0.05) is 5.92 Å². The third kappa shape index (κ3) is 3.86. The first-order valence-electron chi connectivity index (χ1n) is 6.26. The highest BCUT2D eigenvalue weighted by Gasteiger charge is 2.62. The maximum atomic E-state index is 12.5. The molecule has 0 spiro atoms. The van der Waals surface area contributed by atoms with Crippen LogP contribution in [-0.4, -0.2) is 18.1 Å². The largest absolute Gasteiger partial charge is 0.407 e. The normalized spacial score (nSPS) is 25.7. The van der Waals surface area contributed by atoms with E-state index in [0.717, 1.165) is 6.42 Å². The van der Waals surface area contributed by atoms with Crippen molar-refractivity contribution < 1.29 is 31.1 Å². The van der Waals surface area contributed by atoms with Crippen molar-refractivity contribution in [3.05, 3.63) is 0 Å². The Balaban J connectivity index is 2.99. The zero-order valence-corrected chi connectivity index (χ0v) is 10.4. The van der Waals surface area contributed by atoms with E-state index in [-0.39, 0.29) is 12.3 Å². The maximum absolute atomic E-state index is 12.5. The summed E-state index contributed by atoms with van der Waals surface area (Å²) in [6.07, 6.45) is -8.79. The van der Waals surface area contributed by atoms with E-state index < -0.39 is 30.0 Å². The zero-order valence-electron chi connectivity index (χ0n) is 10.4. The summed E-state index contributed by atoms with van der Waals surface area (Å²) in [5.74, 6) is -7.02. The molecule has 0 radical (unpaired) electrons. The van der Waals surface area contributed by atoms with Gasteiger partial charge in [0.15, 0.2) is 5.78 Å². The number of ketones is 1. The monoisotopic (exact) mass is 290 g/mol. The summed E-state index contributed by atoms with van der Waals surface area (Å²) in [6.45, 7) is 1.69. The average molecular weight is 290 g/mol. The van der Waals surface area contributed by atoms with Crippen molar-refractivity contribution in [2.45, 2.75) is 51.4 Å². The Bertz CT molecular complexity index is 305. The van der Waals surface area contributed by atoms with E-state index >= 15 is 0 Å².